The van der Waals surface area contributed by atoms with Crippen molar-refractivity contribution in [2.75, 3.05) is 5.73 Å². The van der Waals surface area contributed by atoms with Gasteiger partial charge in [0.15, 0.2) is 5.82 Å². The van der Waals surface area contributed by atoms with E-state index in [4.69, 9.17) is 10.2 Å². The summed E-state index contributed by atoms with van der Waals surface area (Å²) in [6.07, 6.45) is 1.40. The van der Waals surface area contributed by atoms with Gasteiger partial charge in [0.2, 0.25) is 11.7 Å². The van der Waals surface area contributed by atoms with Gasteiger partial charge in [-0.15, -0.1) is 11.3 Å². The molecule has 0 bridgehead atoms. The van der Waals surface area contributed by atoms with Crippen molar-refractivity contribution in [3.63, 3.8) is 0 Å². The lowest BCUT2D eigenvalue weighted by Gasteiger charge is -2.06. The molecule has 0 saturated heterocycles. The molecule has 0 unspecified atom stereocenters. The molecule has 0 aliphatic rings. The lowest BCUT2D eigenvalue weighted by atomic mass is 9.97. The second kappa shape index (κ2) is 7.41. The van der Waals surface area contributed by atoms with Crippen LogP contribution in [0.2, 0.25) is 0 Å². The minimum atomic E-state index is -0.0414. The fourth-order valence-corrected chi connectivity index (χ4v) is 4.79. The summed E-state index contributed by atoms with van der Waals surface area (Å²) in [4.78, 5) is 18.2. The topological polar surface area (TPSA) is 89.3 Å². The van der Waals surface area contributed by atoms with Gasteiger partial charge in [-0.2, -0.15) is 4.98 Å². The molecular formula is C25H18N2O3S. The quantitative estimate of drug-likeness (QED) is 0.341. The number of carbonyl (C=O) groups is 1. The molecule has 0 atom stereocenters. The zero-order valence-corrected chi connectivity index (χ0v) is 17.4. The number of hydrogen-bond acceptors (Lipinski definition) is 6. The van der Waals surface area contributed by atoms with Crippen molar-refractivity contribution in [3.8, 4) is 28.3 Å². The number of fused-ring (bicyclic) bond motifs is 1. The van der Waals surface area contributed by atoms with E-state index in [9.17, 15) is 9.90 Å². The van der Waals surface area contributed by atoms with Crippen molar-refractivity contribution >= 4 is 33.0 Å². The molecule has 0 aliphatic heterocycles. The maximum atomic E-state index is 13.4. The van der Waals surface area contributed by atoms with Crippen LogP contribution in [0.3, 0.4) is 0 Å². The summed E-state index contributed by atoms with van der Waals surface area (Å²) in [6, 6.07) is 20.4. The Bertz CT molecular complexity index is 1410. The second-order valence-corrected chi connectivity index (χ2v) is 8.39. The van der Waals surface area contributed by atoms with Crippen molar-refractivity contribution in [3.05, 3.63) is 89.0 Å². The normalized spacial score (nSPS) is 11.1. The molecule has 0 spiro atoms. The molecule has 2 aromatic heterocycles. The average molecular weight is 426 g/mol. The molecule has 5 nitrogen and oxygen atoms in total. The van der Waals surface area contributed by atoms with E-state index in [1.807, 2.05) is 61.5 Å². The number of nitrogens with two attached hydrogens (primary N) is 1. The number of oxazole rings is 1. The number of rotatable bonds is 4. The Morgan fingerprint density at radius 1 is 1.00 bits per heavy atom. The van der Waals surface area contributed by atoms with Crippen LogP contribution in [0, 0.1) is 6.92 Å². The van der Waals surface area contributed by atoms with Gasteiger partial charge in [0.05, 0.1) is 4.88 Å². The van der Waals surface area contributed by atoms with Gasteiger partial charge in [0.25, 0.3) is 0 Å². The van der Waals surface area contributed by atoms with Gasteiger partial charge in [-0.25, -0.2) is 0 Å². The number of hydrogen-bond donors (Lipinski definition) is 2. The summed E-state index contributed by atoms with van der Waals surface area (Å²) in [5.74, 6) is 0.903. The third-order valence-electron chi connectivity index (χ3n) is 5.14. The first-order valence-corrected chi connectivity index (χ1v) is 10.5. The lowest BCUT2D eigenvalue weighted by Crippen LogP contribution is -2.00. The summed E-state index contributed by atoms with van der Waals surface area (Å²) in [6.45, 7) is 1.99. The Kier molecular flexibility index (Phi) is 4.56. The predicted molar refractivity (Wildman–Crippen MR) is 123 cm³/mol. The molecular weight excluding hydrogens is 408 g/mol. The fraction of sp³-hybridized carbons (Fsp3) is 0.0400. The van der Waals surface area contributed by atoms with E-state index in [0.29, 0.717) is 22.1 Å². The number of aromatic hydroxyl groups is 1. The monoisotopic (exact) mass is 426 g/mol. The Balaban J connectivity index is 1.65. The van der Waals surface area contributed by atoms with Crippen molar-refractivity contribution in [2.24, 2.45) is 0 Å². The third kappa shape index (κ3) is 3.47. The molecule has 6 heteroatoms. The van der Waals surface area contributed by atoms with Crippen LogP contribution in [-0.2, 0) is 0 Å². The highest BCUT2D eigenvalue weighted by molar-refractivity contribution is 7.21. The molecule has 0 aliphatic carbocycles. The van der Waals surface area contributed by atoms with E-state index in [2.05, 4.69) is 4.98 Å². The van der Waals surface area contributed by atoms with E-state index in [1.165, 1.54) is 17.6 Å². The van der Waals surface area contributed by atoms with Crippen LogP contribution >= 0.6 is 11.3 Å². The number of carbonyl (C=O) groups excluding carboxylic acids is 1. The van der Waals surface area contributed by atoms with Crippen molar-refractivity contribution in [1.29, 1.82) is 0 Å². The Labute approximate surface area is 182 Å². The lowest BCUT2D eigenvalue weighted by molar-refractivity contribution is 0.104. The molecule has 2 heterocycles. The number of nitrogens with zero attached hydrogens (tertiary/aromatic N) is 1. The van der Waals surface area contributed by atoms with Gasteiger partial charge in [-0.3, -0.25) is 4.79 Å². The van der Waals surface area contributed by atoms with E-state index >= 15 is 0 Å². The van der Waals surface area contributed by atoms with Gasteiger partial charge < -0.3 is 15.3 Å². The first-order valence-electron chi connectivity index (χ1n) is 9.68. The number of aryl methyl sites for hydroxylation is 1. The smallest absolute Gasteiger partial charge is 0.227 e. The number of ketones is 1. The maximum absolute atomic E-state index is 13.4. The van der Waals surface area contributed by atoms with Crippen LogP contribution in [-0.4, -0.2) is 15.9 Å². The number of phenolic OH excluding ortho intramolecular Hbond substituents is 1. The highest BCUT2D eigenvalue weighted by Crippen LogP contribution is 2.41. The summed E-state index contributed by atoms with van der Waals surface area (Å²) in [5, 5.41) is 10.9. The van der Waals surface area contributed by atoms with E-state index in [-0.39, 0.29) is 11.5 Å². The van der Waals surface area contributed by atoms with Crippen molar-refractivity contribution < 1.29 is 14.3 Å². The molecule has 31 heavy (non-hydrogen) atoms. The molecule has 5 aromatic rings. The van der Waals surface area contributed by atoms with Crippen LogP contribution in [0.5, 0.6) is 5.75 Å². The van der Waals surface area contributed by atoms with Gasteiger partial charge in [-0.05, 0) is 42.8 Å². The van der Waals surface area contributed by atoms with Crippen molar-refractivity contribution in [1.82, 2.24) is 4.98 Å². The van der Waals surface area contributed by atoms with Gasteiger partial charge >= 0.3 is 0 Å². The molecule has 0 amide bonds. The maximum Gasteiger partial charge on any atom is 0.227 e. The first-order chi connectivity index (χ1) is 15.0. The predicted octanol–water partition coefficient (Wildman–Crippen LogP) is 6.05. The van der Waals surface area contributed by atoms with Crippen LogP contribution in [0.1, 0.15) is 20.8 Å². The highest BCUT2D eigenvalue weighted by Gasteiger charge is 2.21. The number of thiophene rings is 1. The molecule has 3 N–H and O–H groups in total. The van der Waals surface area contributed by atoms with Crippen LogP contribution in [0.25, 0.3) is 32.7 Å². The molecule has 0 radical (unpaired) electrons. The summed E-state index contributed by atoms with van der Waals surface area (Å²) in [7, 11) is 0. The van der Waals surface area contributed by atoms with E-state index < -0.39 is 0 Å². The summed E-state index contributed by atoms with van der Waals surface area (Å²) in [5.41, 5.74) is 9.93. The van der Waals surface area contributed by atoms with Crippen LogP contribution < -0.4 is 5.73 Å². The number of nitrogen functional groups attached to an aromatic ring is 1. The van der Waals surface area contributed by atoms with Crippen molar-refractivity contribution in [2.45, 2.75) is 6.92 Å². The standard InChI is InChI=1S/C25H18N2O3S/c1-14-2-4-16(5-3-14)23(29)24-22(19-11-10-18(28)12-20(19)31-24)15-6-8-17(9-7-15)25-27-21(26)13-30-25/h2-13,28H,26H2,1H3. The number of anilines is 1. The van der Waals surface area contributed by atoms with Crippen LogP contribution in [0.4, 0.5) is 5.82 Å². The zero-order chi connectivity index (χ0) is 21.5. The molecule has 0 fully saturated rings. The van der Waals surface area contributed by atoms with Gasteiger partial charge in [0.1, 0.15) is 12.0 Å². The number of phenols is 1. The first kappa shape index (κ1) is 19.1. The Morgan fingerprint density at radius 3 is 2.39 bits per heavy atom. The summed E-state index contributed by atoms with van der Waals surface area (Å²) >= 11 is 1.39. The van der Waals surface area contributed by atoms with Gasteiger partial charge in [-0.1, -0.05) is 42.0 Å². The molecule has 152 valence electrons. The third-order valence-corrected chi connectivity index (χ3v) is 6.29. The second-order valence-electron chi connectivity index (χ2n) is 7.34. The number of aromatic nitrogens is 1. The van der Waals surface area contributed by atoms with E-state index in [1.54, 1.807) is 12.1 Å². The van der Waals surface area contributed by atoms with Gasteiger partial charge in [0, 0.05) is 26.8 Å². The van der Waals surface area contributed by atoms with E-state index in [0.717, 1.165) is 32.3 Å². The minimum Gasteiger partial charge on any atom is -0.508 e. The Morgan fingerprint density at radius 2 is 1.71 bits per heavy atom. The Hall–Kier alpha value is -3.90. The SMILES string of the molecule is Cc1ccc(C(=O)c2sc3cc(O)ccc3c2-c2ccc(-c3nc(N)co3)cc2)cc1. The highest BCUT2D eigenvalue weighted by atomic mass is 32.1. The fourth-order valence-electron chi connectivity index (χ4n) is 3.57. The zero-order valence-electron chi connectivity index (χ0n) is 16.6. The molecule has 5 rings (SSSR count). The molecule has 0 saturated carbocycles. The summed E-state index contributed by atoms with van der Waals surface area (Å²) < 4.78 is 6.23. The molecule has 3 aromatic carbocycles. The largest absolute Gasteiger partial charge is 0.508 e. The number of benzene rings is 3. The minimum absolute atomic E-state index is 0.0414. The van der Waals surface area contributed by atoms with Crippen LogP contribution in [0.15, 0.2) is 77.4 Å². The average Bonchev–Trinajstić information content (AvgIpc) is 3.37.